The molecule has 4 heterocycles. The van der Waals surface area contributed by atoms with Gasteiger partial charge in [-0.1, -0.05) is 12.6 Å². The van der Waals surface area contributed by atoms with Gasteiger partial charge in [0, 0.05) is 43.0 Å². The maximum atomic E-state index is 15.0. The first-order valence-corrected chi connectivity index (χ1v) is 11.0. The summed E-state index contributed by atoms with van der Waals surface area (Å²) in [6.07, 6.45) is 6.26. The van der Waals surface area contributed by atoms with E-state index in [9.17, 15) is 9.18 Å². The Morgan fingerprint density at radius 1 is 1.21 bits per heavy atom. The lowest BCUT2D eigenvalue weighted by molar-refractivity contribution is -0.127. The van der Waals surface area contributed by atoms with Crippen molar-refractivity contribution in [2.45, 2.75) is 18.8 Å². The van der Waals surface area contributed by atoms with E-state index < -0.39 is 5.82 Å². The summed E-state index contributed by atoms with van der Waals surface area (Å²) in [5.74, 6) is 0.443. The Bertz CT molecular complexity index is 1370. The van der Waals surface area contributed by atoms with Crippen LogP contribution in [0.2, 0.25) is 0 Å². The Balaban J connectivity index is 1.54. The molecule has 0 spiro atoms. The summed E-state index contributed by atoms with van der Waals surface area (Å²) < 4.78 is 22.3. The zero-order valence-electron chi connectivity index (χ0n) is 18.4. The molecule has 8 nitrogen and oxygen atoms in total. The van der Waals surface area contributed by atoms with Gasteiger partial charge in [0.15, 0.2) is 11.6 Å². The van der Waals surface area contributed by atoms with Crippen molar-refractivity contribution in [1.82, 2.24) is 24.3 Å². The number of fused-ring (bicyclic) bond motifs is 1. The van der Waals surface area contributed by atoms with E-state index in [1.807, 2.05) is 6.07 Å². The number of nitrogen functional groups attached to an aromatic ring is 1. The molecule has 5 rings (SSSR count). The second kappa shape index (κ2) is 8.93. The summed E-state index contributed by atoms with van der Waals surface area (Å²) in [5.41, 5.74) is 8.33. The standard InChI is InChI=1S/C25H23FN6O2/c1-2-22(33)31-13-5-6-17(15-31)23-19-10-12-29-25(27)32(19)24(30-23)16-8-9-20(18(26)14-16)34-21-7-3-4-11-28-21/h2-4,7-12,14,17H,1,5-6,13,15H2,(H2,27,29). The lowest BCUT2D eigenvalue weighted by atomic mass is 9.94. The Labute approximate surface area is 195 Å². The molecule has 3 aromatic heterocycles. The van der Waals surface area contributed by atoms with E-state index in [1.54, 1.807) is 46.0 Å². The van der Waals surface area contributed by atoms with Crippen LogP contribution < -0.4 is 10.5 Å². The van der Waals surface area contributed by atoms with Crippen LogP contribution in [-0.4, -0.2) is 43.2 Å². The minimum absolute atomic E-state index is 0.0137. The Morgan fingerprint density at radius 3 is 2.85 bits per heavy atom. The van der Waals surface area contributed by atoms with Gasteiger partial charge < -0.3 is 15.4 Å². The fourth-order valence-electron chi connectivity index (χ4n) is 4.35. The number of pyridine rings is 1. The van der Waals surface area contributed by atoms with Crippen LogP contribution in [0.4, 0.5) is 10.3 Å². The van der Waals surface area contributed by atoms with Crippen molar-refractivity contribution < 1.29 is 13.9 Å². The highest BCUT2D eigenvalue weighted by atomic mass is 19.1. The van der Waals surface area contributed by atoms with Gasteiger partial charge in [-0.3, -0.25) is 9.20 Å². The average molecular weight is 458 g/mol. The number of nitrogens with two attached hydrogens (primary N) is 1. The number of piperidine rings is 1. The van der Waals surface area contributed by atoms with Gasteiger partial charge in [0.1, 0.15) is 5.82 Å². The fourth-order valence-corrected chi connectivity index (χ4v) is 4.35. The quantitative estimate of drug-likeness (QED) is 0.450. The average Bonchev–Trinajstić information content (AvgIpc) is 3.26. The molecule has 4 aromatic rings. The van der Waals surface area contributed by atoms with Crippen LogP contribution in [0.3, 0.4) is 0 Å². The fraction of sp³-hybridized carbons (Fsp3) is 0.200. The Hall–Kier alpha value is -4.27. The van der Waals surface area contributed by atoms with Crippen LogP contribution in [0, 0.1) is 5.82 Å². The molecular formula is C25H23FN6O2. The molecule has 172 valence electrons. The molecule has 1 unspecified atom stereocenters. The highest BCUT2D eigenvalue weighted by Gasteiger charge is 2.28. The number of aromatic nitrogens is 4. The number of benzene rings is 1. The summed E-state index contributed by atoms with van der Waals surface area (Å²) in [4.78, 5) is 27.1. The predicted molar refractivity (Wildman–Crippen MR) is 126 cm³/mol. The number of amides is 1. The minimum atomic E-state index is -0.552. The number of carbonyl (C=O) groups excluding carboxylic acids is 1. The van der Waals surface area contributed by atoms with Crippen molar-refractivity contribution in [2.24, 2.45) is 0 Å². The molecular weight excluding hydrogens is 435 g/mol. The van der Waals surface area contributed by atoms with Crippen LogP contribution in [0.5, 0.6) is 11.6 Å². The molecule has 9 heteroatoms. The maximum absolute atomic E-state index is 15.0. The van der Waals surface area contributed by atoms with Crippen molar-refractivity contribution in [2.75, 3.05) is 18.8 Å². The van der Waals surface area contributed by atoms with E-state index in [0.29, 0.717) is 30.4 Å². The van der Waals surface area contributed by atoms with Gasteiger partial charge in [-0.15, -0.1) is 0 Å². The SMILES string of the molecule is C=CC(=O)N1CCCC(c2nc(-c3ccc(Oc4ccccn4)c(F)c3)n3c(N)nccc23)C1. The molecule has 0 saturated carbocycles. The second-order valence-corrected chi connectivity index (χ2v) is 8.09. The molecule has 2 N–H and O–H groups in total. The maximum Gasteiger partial charge on any atom is 0.245 e. The number of nitrogens with zero attached hydrogens (tertiary/aromatic N) is 5. The molecule has 34 heavy (non-hydrogen) atoms. The molecule has 1 saturated heterocycles. The van der Waals surface area contributed by atoms with Crippen molar-refractivity contribution in [1.29, 1.82) is 0 Å². The number of ether oxygens (including phenoxy) is 1. The smallest absolute Gasteiger partial charge is 0.245 e. The van der Waals surface area contributed by atoms with E-state index >= 15 is 0 Å². The van der Waals surface area contributed by atoms with Crippen LogP contribution in [-0.2, 0) is 4.79 Å². The summed E-state index contributed by atoms with van der Waals surface area (Å²) >= 11 is 0. The lowest BCUT2D eigenvalue weighted by Gasteiger charge is -2.31. The number of halogens is 1. The number of anilines is 1. The predicted octanol–water partition coefficient (Wildman–Crippen LogP) is 4.20. The van der Waals surface area contributed by atoms with Gasteiger partial charge in [0.05, 0.1) is 11.2 Å². The van der Waals surface area contributed by atoms with Crippen molar-refractivity contribution >= 4 is 17.4 Å². The van der Waals surface area contributed by atoms with Gasteiger partial charge >= 0.3 is 0 Å². The molecule has 1 fully saturated rings. The number of imidazole rings is 1. The number of carbonyl (C=O) groups is 1. The van der Waals surface area contributed by atoms with Gasteiger partial charge in [-0.05, 0) is 49.2 Å². The first kappa shape index (κ1) is 21.6. The van der Waals surface area contributed by atoms with Crippen LogP contribution in [0.25, 0.3) is 16.9 Å². The zero-order valence-corrected chi connectivity index (χ0v) is 18.4. The molecule has 1 aliphatic heterocycles. The topological polar surface area (TPSA) is 98.6 Å². The monoisotopic (exact) mass is 458 g/mol. The normalized spacial score (nSPS) is 15.9. The minimum Gasteiger partial charge on any atom is -0.436 e. The summed E-state index contributed by atoms with van der Waals surface area (Å²) in [5, 5.41) is 0. The number of likely N-dealkylation sites (tertiary alicyclic amines) is 1. The molecule has 1 amide bonds. The van der Waals surface area contributed by atoms with Gasteiger partial charge in [0.25, 0.3) is 0 Å². The lowest BCUT2D eigenvalue weighted by Crippen LogP contribution is -2.38. The van der Waals surface area contributed by atoms with E-state index in [1.165, 1.54) is 18.2 Å². The molecule has 1 atom stereocenters. The van der Waals surface area contributed by atoms with Crippen LogP contribution >= 0.6 is 0 Å². The molecule has 0 bridgehead atoms. The van der Waals surface area contributed by atoms with E-state index in [4.69, 9.17) is 15.5 Å². The van der Waals surface area contributed by atoms with E-state index in [2.05, 4.69) is 16.5 Å². The summed E-state index contributed by atoms with van der Waals surface area (Å²) in [7, 11) is 0. The number of hydrogen-bond donors (Lipinski definition) is 1. The molecule has 1 aromatic carbocycles. The second-order valence-electron chi connectivity index (χ2n) is 8.09. The van der Waals surface area contributed by atoms with Crippen LogP contribution in [0.1, 0.15) is 24.5 Å². The Kier molecular flexibility index (Phi) is 5.67. The first-order valence-electron chi connectivity index (χ1n) is 11.0. The van der Waals surface area contributed by atoms with Crippen LogP contribution in [0.15, 0.2) is 67.5 Å². The molecule has 0 radical (unpaired) electrons. The summed E-state index contributed by atoms with van der Waals surface area (Å²) in [6.45, 7) is 4.81. The van der Waals surface area contributed by atoms with Crippen molar-refractivity contribution in [3.63, 3.8) is 0 Å². The van der Waals surface area contributed by atoms with Gasteiger partial charge in [-0.25, -0.2) is 19.3 Å². The van der Waals surface area contributed by atoms with E-state index in [-0.39, 0.29) is 23.5 Å². The van der Waals surface area contributed by atoms with E-state index in [0.717, 1.165) is 24.1 Å². The highest BCUT2D eigenvalue weighted by Crippen LogP contribution is 2.35. The molecule has 1 aliphatic rings. The number of hydrogen-bond acceptors (Lipinski definition) is 6. The number of rotatable bonds is 5. The third kappa shape index (κ3) is 3.96. The zero-order chi connectivity index (χ0) is 23.7. The highest BCUT2D eigenvalue weighted by molar-refractivity contribution is 5.87. The van der Waals surface area contributed by atoms with Crippen molar-refractivity contribution in [3.8, 4) is 23.0 Å². The Morgan fingerprint density at radius 2 is 2.09 bits per heavy atom. The van der Waals surface area contributed by atoms with Gasteiger partial charge in [-0.2, -0.15) is 0 Å². The first-order chi connectivity index (χ1) is 16.5. The molecule has 0 aliphatic carbocycles. The summed E-state index contributed by atoms with van der Waals surface area (Å²) in [6, 6.07) is 11.6. The third-order valence-corrected chi connectivity index (χ3v) is 5.95. The van der Waals surface area contributed by atoms with Crippen molar-refractivity contribution in [3.05, 3.63) is 79.0 Å². The largest absolute Gasteiger partial charge is 0.436 e. The van der Waals surface area contributed by atoms with Gasteiger partial charge in [0.2, 0.25) is 17.7 Å². The third-order valence-electron chi connectivity index (χ3n) is 5.95.